The maximum absolute atomic E-state index is 11.4. The number of quaternary nitrogens is 1. The highest BCUT2D eigenvalue weighted by molar-refractivity contribution is 5.80. The van der Waals surface area contributed by atoms with Gasteiger partial charge in [0.05, 0.1) is 0 Å². The van der Waals surface area contributed by atoms with E-state index in [-0.39, 0.29) is 11.6 Å². The molecule has 0 saturated carbocycles. The number of hydrogen-bond acceptors (Lipinski definition) is 2. The maximum Gasteiger partial charge on any atom is 0.337 e. The van der Waals surface area contributed by atoms with Gasteiger partial charge in [-0.15, -0.1) is 0 Å². The summed E-state index contributed by atoms with van der Waals surface area (Å²) in [5.74, 6) is 0.848. The fourth-order valence-electron chi connectivity index (χ4n) is 2.20. The van der Waals surface area contributed by atoms with Gasteiger partial charge in [0.15, 0.2) is 37.4 Å². The van der Waals surface area contributed by atoms with Crippen LogP contribution in [0, 0.1) is 5.92 Å². The van der Waals surface area contributed by atoms with Crippen molar-refractivity contribution in [1.29, 1.82) is 0 Å². The molecule has 0 amide bonds. The van der Waals surface area contributed by atoms with Crippen molar-refractivity contribution in [2.24, 2.45) is 5.92 Å². The number of hydrogen-bond donors (Lipinski definition) is 0. The number of Topliss-reactive ketones (excluding diaryl/α,β-unsaturated/α-hetero) is 2. The lowest BCUT2D eigenvalue weighted by Gasteiger charge is -2.21. The van der Waals surface area contributed by atoms with E-state index in [0.717, 1.165) is 13.0 Å². The van der Waals surface area contributed by atoms with E-state index in [0.29, 0.717) is 23.5 Å². The lowest BCUT2D eigenvalue weighted by molar-refractivity contribution is -0.772. The van der Waals surface area contributed by atoms with E-state index in [2.05, 4.69) is 18.4 Å². The molecule has 4 nitrogen and oxygen atoms in total. The molecule has 0 N–H and O–H groups in total. The molecule has 0 unspecified atom stereocenters. The summed E-state index contributed by atoms with van der Waals surface area (Å²) in [5.41, 5.74) is 0. The SMILES string of the molecule is CC(=O)C[N+]1(CC(C)=O)C=C[N+](CCC(C)C)=C1. The Morgan fingerprint density at radius 1 is 1.17 bits per heavy atom. The van der Waals surface area contributed by atoms with E-state index in [1.165, 1.54) is 0 Å². The first kappa shape index (κ1) is 14.8. The Kier molecular flexibility index (Phi) is 4.96. The van der Waals surface area contributed by atoms with Crippen molar-refractivity contribution in [3.05, 3.63) is 12.4 Å². The number of carbonyl (C=O) groups is 2. The minimum atomic E-state index is 0.0999. The third-order valence-corrected chi connectivity index (χ3v) is 2.93. The lowest BCUT2D eigenvalue weighted by atomic mass is 10.1. The van der Waals surface area contributed by atoms with Crippen molar-refractivity contribution in [3.8, 4) is 0 Å². The molecule has 0 aromatic heterocycles. The third kappa shape index (κ3) is 4.53. The zero-order valence-electron chi connectivity index (χ0n) is 11.8. The average molecular weight is 252 g/mol. The Morgan fingerprint density at radius 3 is 2.17 bits per heavy atom. The van der Waals surface area contributed by atoms with Crippen molar-refractivity contribution >= 4 is 17.9 Å². The minimum absolute atomic E-state index is 0.0999. The van der Waals surface area contributed by atoms with Gasteiger partial charge in [-0.1, -0.05) is 13.8 Å². The predicted molar refractivity (Wildman–Crippen MR) is 71.1 cm³/mol. The van der Waals surface area contributed by atoms with Crippen LogP contribution in [0.25, 0.3) is 0 Å². The van der Waals surface area contributed by atoms with Crippen LogP contribution in [0.15, 0.2) is 12.4 Å². The molecule has 100 valence electrons. The van der Waals surface area contributed by atoms with E-state index in [1.807, 2.05) is 18.7 Å². The first-order valence-corrected chi connectivity index (χ1v) is 6.49. The van der Waals surface area contributed by atoms with E-state index in [9.17, 15) is 9.59 Å². The molecule has 0 spiro atoms. The summed E-state index contributed by atoms with van der Waals surface area (Å²) >= 11 is 0. The summed E-state index contributed by atoms with van der Waals surface area (Å²) in [7, 11) is 0. The van der Waals surface area contributed by atoms with Crippen molar-refractivity contribution in [2.75, 3.05) is 19.6 Å². The quantitative estimate of drug-likeness (QED) is 0.509. The molecule has 0 aliphatic carbocycles. The minimum Gasteiger partial charge on any atom is -0.294 e. The molecule has 0 aromatic rings. The van der Waals surface area contributed by atoms with E-state index in [4.69, 9.17) is 0 Å². The molecule has 1 aliphatic rings. The third-order valence-electron chi connectivity index (χ3n) is 2.93. The molecule has 0 aromatic carbocycles. The average Bonchev–Trinajstić information content (AvgIpc) is 2.56. The second-order valence-corrected chi connectivity index (χ2v) is 5.66. The van der Waals surface area contributed by atoms with Crippen LogP contribution >= 0.6 is 0 Å². The predicted octanol–water partition coefficient (Wildman–Crippen LogP) is 1.55. The van der Waals surface area contributed by atoms with Crippen LogP contribution in [0.1, 0.15) is 34.1 Å². The first-order valence-electron chi connectivity index (χ1n) is 6.49. The molecule has 0 fully saturated rings. The first-order chi connectivity index (χ1) is 8.33. The van der Waals surface area contributed by atoms with E-state index < -0.39 is 0 Å². The van der Waals surface area contributed by atoms with Gasteiger partial charge in [0.1, 0.15) is 0 Å². The molecular formula is C14H24N2O2+2. The van der Waals surface area contributed by atoms with Crippen molar-refractivity contribution < 1.29 is 18.6 Å². The van der Waals surface area contributed by atoms with Gasteiger partial charge in [-0.05, 0) is 5.92 Å². The maximum atomic E-state index is 11.4. The zero-order chi connectivity index (χ0) is 13.8. The topological polar surface area (TPSA) is 37.1 Å². The van der Waals surface area contributed by atoms with Gasteiger partial charge < -0.3 is 0 Å². The Balaban J connectivity index is 2.78. The van der Waals surface area contributed by atoms with Gasteiger partial charge in [0.2, 0.25) is 6.20 Å². The van der Waals surface area contributed by atoms with Gasteiger partial charge >= 0.3 is 6.34 Å². The highest BCUT2D eigenvalue weighted by Gasteiger charge is 2.36. The van der Waals surface area contributed by atoms with Gasteiger partial charge in [-0.2, -0.15) is 9.06 Å². The van der Waals surface area contributed by atoms with Gasteiger partial charge in [-0.3, -0.25) is 9.59 Å². The van der Waals surface area contributed by atoms with Crippen molar-refractivity contribution in [1.82, 2.24) is 0 Å². The van der Waals surface area contributed by atoms with Crippen LogP contribution in [-0.4, -0.2) is 46.6 Å². The second kappa shape index (κ2) is 6.05. The second-order valence-electron chi connectivity index (χ2n) is 5.66. The van der Waals surface area contributed by atoms with E-state index >= 15 is 0 Å². The van der Waals surface area contributed by atoms with Gasteiger partial charge in [0.25, 0.3) is 0 Å². The molecule has 1 aliphatic heterocycles. The molecule has 0 radical (unpaired) electrons. The Bertz CT molecular complexity index is 379. The Hall–Kier alpha value is -1.29. The van der Waals surface area contributed by atoms with Crippen molar-refractivity contribution in [2.45, 2.75) is 34.1 Å². The molecular weight excluding hydrogens is 228 g/mol. The highest BCUT2D eigenvalue weighted by Crippen LogP contribution is 2.12. The van der Waals surface area contributed by atoms with Crippen LogP contribution in [0.2, 0.25) is 0 Å². The molecule has 0 bridgehead atoms. The van der Waals surface area contributed by atoms with Crippen molar-refractivity contribution in [3.63, 3.8) is 0 Å². The molecule has 1 rings (SSSR count). The highest BCUT2D eigenvalue weighted by atomic mass is 16.1. The number of rotatable bonds is 7. The summed E-state index contributed by atoms with van der Waals surface area (Å²) in [4.78, 5) is 22.7. The number of nitrogens with zero attached hydrogens (tertiary/aromatic N) is 2. The summed E-state index contributed by atoms with van der Waals surface area (Å²) in [6.45, 7) is 9.16. The van der Waals surface area contributed by atoms with Gasteiger partial charge in [-0.25, -0.2) is 0 Å². The molecule has 4 heteroatoms. The van der Waals surface area contributed by atoms with Crippen LogP contribution in [-0.2, 0) is 9.59 Å². The molecule has 1 heterocycles. The summed E-state index contributed by atoms with van der Waals surface area (Å²) < 4.78 is 2.43. The molecule has 18 heavy (non-hydrogen) atoms. The monoisotopic (exact) mass is 252 g/mol. The van der Waals surface area contributed by atoms with Crippen LogP contribution in [0.4, 0.5) is 0 Å². The number of ketones is 2. The molecule has 0 atom stereocenters. The van der Waals surface area contributed by atoms with Gasteiger partial charge in [0, 0.05) is 20.3 Å². The van der Waals surface area contributed by atoms with E-state index in [1.54, 1.807) is 13.8 Å². The summed E-state index contributed by atoms with van der Waals surface area (Å²) in [6.07, 6.45) is 7.02. The van der Waals surface area contributed by atoms with Crippen LogP contribution in [0.3, 0.4) is 0 Å². The van der Waals surface area contributed by atoms with Crippen LogP contribution < -0.4 is 0 Å². The largest absolute Gasteiger partial charge is 0.337 e. The number of carbonyl (C=O) groups excluding carboxylic acids is 2. The normalized spacial score (nSPS) is 17.1. The summed E-state index contributed by atoms with van der Waals surface area (Å²) in [6, 6.07) is 0. The molecule has 0 saturated heterocycles. The Morgan fingerprint density at radius 2 is 1.72 bits per heavy atom. The smallest absolute Gasteiger partial charge is 0.294 e. The zero-order valence-corrected chi connectivity index (χ0v) is 11.8. The Labute approximate surface area is 109 Å². The summed E-state index contributed by atoms with van der Waals surface area (Å²) in [5, 5.41) is 0. The standard InChI is InChI=1S/C14H24N2O2/c1-12(2)5-6-15-7-8-16(11-15,9-13(3)17)10-14(4)18/h7-8,11-12H,5-6,9-10H2,1-4H3/q+2. The van der Waals surface area contributed by atoms with Crippen LogP contribution in [0.5, 0.6) is 0 Å². The fraction of sp³-hybridized carbons (Fsp3) is 0.643. The lowest BCUT2D eigenvalue weighted by Crippen LogP contribution is -2.47. The fourth-order valence-corrected chi connectivity index (χ4v) is 2.20.